The summed E-state index contributed by atoms with van der Waals surface area (Å²) in [5.74, 6) is 0. The van der Waals surface area contributed by atoms with E-state index < -0.39 is 0 Å². The van der Waals surface area contributed by atoms with Gasteiger partial charge in [-0.25, -0.2) is 0 Å². The Kier molecular flexibility index (Phi) is 3.47. The van der Waals surface area contributed by atoms with Crippen LogP contribution in [0.4, 0.5) is 0 Å². The minimum atomic E-state index is 0.105. The smallest absolute Gasteiger partial charge is 0.0203 e. The summed E-state index contributed by atoms with van der Waals surface area (Å²) in [7, 11) is 0. The summed E-state index contributed by atoms with van der Waals surface area (Å²) in [6, 6.07) is 4.53. The van der Waals surface area contributed by atoms with E-state index in [9.17, 15) is 0 Å². The fourth-order valence-electron chi connectivity index (χ4n) is 2.49. The molecule has 0 spiro atoms. The van der Waals surface area contributed by atoms with E-state index in [0.717, 1.165) is 12.8 Å². The summed E-state index contributed by atoms with van der Waals surface area (Å²) in [6.07, 6.45) is 8.70. The van der Waals surface area contributed by atoms with Crippen molar-refractivity contribution in [3.05, 3.63) is 21.9 Å². The van der Waals surface area contributed by atoms with E-state index in [1.165, 1.54) is 41.9 Å². The molecule has 1 nitrogen and oxygen atoms in total. The van der Waals surface area contributed by atoms with E-state index in [4.69, 9.17) is 5.73 Å². The molecule has 1 aromatic heterocycles. The maximum Gasteiger partial charge on any atom is 0.0203 e. The van der Waals surface area contributed by atoms with Crippen LogP contribution in [0.2, 0.25) is 0 Å². The maximum atomic E-state index is 6.45. The van der Waals surface area contributed by atoms with E-state index >= 15 is 0 Å². The standard InChI is InChI=1S/C13H21NS/c1-2-11-6-7-12(15-11)10-13(14)8-4-3-5-9-13/h6-7H,2-5,8-10,14H2,1H3. The number of hydrogen-bond acceptors (Lipinski definition) is 2. The maximum absolute atomic E-state index is 6.45. The van der Waals surface area contributed by atoms with Crippen molar-refractivity contribution in [2.24, 2.45) is 5.73 Å². The lowest BCUT2D eigenvalue weighted by molar-refractivity contribution is 0.295. The molecule has 1 aromatic rings. The van der Waals surface area contributed by atoms with Crippen molar-refractivity contribution in [1.29, 1.82) is 0 Å². The van der Waals surface area contributed by atoms with Crippen molar-refractivity contribution in [3.63, 3.8) is 0 Å². The van der Waals surface area contributed by atoms with Gasteiger partial charge in [-0.15, -0.1) is 11.3 Å². The average molecular weight is 223 g/mol. The lowest BCUT2D eigenvalue weighted by Crippen LogP contribution is -2.43. The van der Waals surface area contributed by atoms with Crippen molar-refractivity contribution < 1.29 is 0 Å². The summed E-state index contributed by atoms with van der Waals surface area (Å²) >= 11 is 1.95. The van der Waals surface area contributed by atoms with Gasteiger partial charge in [0, 0.05) is 15.3 Å². The van der Waals surface area contributed by atoms with Crippen LogP contribution < -0.4 is 5.73 Å². The average Bonchev–Trinajstić information content (AvgIpc) is 2.66. The zero-order chi connectivity index (χ0) is 10.7. The molecule has 1 heterocycles. The number of nitrogens with two attached hydrogens (primary N) is 1. The van der Waals surface area contributed by atoms with Crippen LogP contribution in [-0.4, -0.2) is 5.54 Å². The first-order chi connectivity index (χ1) is 7.22. The highest BCUT2D eigenvalue weighted by molar-refractivity contribution is 7.12. The topological polar surface area (TPSA) is 26.0 Å². The SMILES string of the molecule is CCc1ccc(CC2(N)CCCCC2)s1. The van der Waals surface area contributed by atoms with Crippen molar-refractivity contribution in [2.45, 2.75) is 57.4 Å². The highest BCUT2D eigenvalue weighted by atomic mass is 32.1. The Bertz CT molecular complexity index is 310. The van der Waals surface area contributed by atoms with Crippen molar-refractivity contribution >= 4 is 11.3 Å². The molecule has 1 aliphatic carbocycles. The molecular formula is C13H21NS. The van der Waals surface area contributed by atoms with Crippen LogP contribution in [0.15, 0.2) is 12.1 Å². The lowest BCUT2D eigenvalue weighted by Gasteiger charge is -2.33. The Morgan fingerprint density at radius 1 is 1.20 bits per heavy atom. The molecule has 0 unspecified atom stereocenters. The van der Waals surface area contributed by atoms with Crippen LogP contribution in [0.5, 0.6) is 0 Å². The van der Waals surface area contributed by atoms with E-state index in [-0.39, 0.29) is 5.54 Å². The third-order valence-electron chi connectivity index (χ3n) is 3.44. The second-order valence-corrected chi connectivity index (χ2v) is 6.07. The summed E-state index contributed by atoms with van der Waals surface area (Å²) < 4.78 is 0. The molecule has 2 rings (SSSR count). The first kappa shape index (κ1) is 11.2. The van der Waals surface area contributed by atoms with E-state index in [1.807, 2.05) is 11.3 Å². The van der Waals surface area contributed by atoms with Gasteiger partial charge in [-0.05, 0) is 37.8 Å². The predicted molar refractivity (Wildman–Crippen MR) is 67.4 cm³/mol. The van der Waals surface area contributed by atoms with Gasteiger partial charge < -0.3 is 5.73 Å². The third-order valence-corrected chi connectivity index (χ3v) is 4.67. The third kappa shape index (κ3) is 2.82. The number of aryl methyl sites for hydroxylation is 1. The van der Waals surface area contributed by atoms with Crippen molar-refractivity contribution in [3.8, 4) is 0 Å². The van der Waals surface area contributed by atoms with Crippen molar-refractivity contribution in [2.75, 3.05) is 0 Å². The Labute approximate surface area is 96.7 Å². The van der Waals surface area contributed by atoms with E-state index in [0.29, 0.717) is 0 Å². The number of hydrogen-bond donors (Lipinski definition) is 1. The van der Waals surface area contributed by atoms with Crippen LogP contribution in [0.1, 0.15) is 48.8 Å². The molecule has 0 aromatic carbocycles. The quantitative estimate of drug-likeness (QED) is 0.833. The second-order valence-electron chi connectivity index (χ2n) is 4.82. The van der Waals surface area contributed by atoms with E-state index in [2.05, 4.69) is 19.1 Å². The molecule has 0 bridgehead atoms. The van der Waals surface area contributed by atoms with Gasteiger partial charge in [-0.3, -0.25) is 0 Å². The van der Waals surface area contributed by atoms with E-state index in [1.54, 1.807) is 0 Å². The number of rotatable bonds is 3. The van der Waals surface area contributed by atoms with Crippen LogP contribution in [0.3, 0.4) is 0 Å². The Balaban J connectivity index is 2.00. The predicted octanol–water partition coefficient (Wildman–Crippen LogP) is 3.51. The lowest BCUT2D eigenvalue weighted by atomic mass is 9.80. The largest absolute Gasteiger partial charge is 0.325 e. The van der Waals surface area contributed by atoms with Gasteiger partial charge in [0.1, 0.15) is 0 Å². The molecule has 15 heavy (non-hydrogen) atoms. The molecule has 2 N–H and O–H groups in total. The van der Waals surface area contributed by atoms with Gasteiger partial charge >= 0.3 is 0 Å². The minimum absolute atomic E-state index is 0.105. The summed E-state index contributed by atoms with van der Waals surface area (Å²) in [6.45, 7) is 2.22. The van der Waals surface area contributed by atoms with Gasteiger partial charge in [-0.1, -0.05) is 26.2 Å². The van der Waals surface area contributed by atoms with Gasteiger partial charge in [0.05, 0.1) is 0 Å². The molecule has 1 fully saturated rings. The Morgan fingerprint density at radius 2 is 1.87 bits per heavy atom. The zero-order valence-corrected chi connectivity index (χ0v) is 10.4. The minimum Gasteiger partial charge on any atom is -0.325 e. The van der Waals surface area contributed by atoms with Gasteiger partial charge in [0.25, 0.3) is 0 Å². The molecule has 0 atom stereocenters. The van der Waals surface area contributed by atoms with Gasteiger partial charge in [-0.2, -0.15) is 0 Å². The molecule has 0 radical (unpaired) electrons. The molecule has 1 saturated carbocycles. The highest BCUT2D eigenvalue weighted by Gasteiger charge is 2.27. The molecule has 0 amide bonds. The molecule has 2 heteroatoms. The summed E-state index contributed by atoms with van der Waals surface area (Å²) in [5, 5.41) is 0. The molecule has 0 aliphatic heterocycles. The first-order valence-electron chi connectivity index (χ1n) is 6.08. The van der Waals surface area contributed by atoms with Crippen LogP contribution >= 0.6 is 11.3 Å². The van der Waals surface area contributed by atoms with Crippen LogP contribution in [-0.2, 0) is 12.8 Å². The second kappa shape index (κ2) is 4.67. The Hall–Kier alpha value is -0.340. The van der Waals surface area contributed by atoms with Gasteiger partial charge in [0.15, 0.2) is 0 Å². The summed E-state index contributed by atoms with van der Waals surface area (Å²) in [4.78, 5) is 2.97. The monoisotopic (exact) mass is 223 g/mol. The first-order valence-corrected chi connectivity index (χ1v) is 6.90. The van der Waals surface area contributed by atoms with Gasteiger partial charge in [0.2, 0.25) is 0 Å². The fourth-order valence-corrected chi connectivity index (χ4v) is 3.60. The molecule has 1 aliphatic rings. The highest BCUT2D eigenvalue weighted by Crippen LogP contribution is 2.31. The zero-order valence-electron chi connectivity index (χ0n) is 9.59. The molecule has 84 valence electrons. The number of thiophene rings is 1. The fraction of sp³-hybridized carbons (Fsp3) is 0.692. The molecule has 0 saturated heterocycles. The summed E-state index contributed by atoms with van der Waals surface area (Å²) in [5.41, 5.74) is 6.55. The van der Waals surface area contributed by atoms with Crippen LogP contribution in [0, 0.1) is 0 Å². The van der Waals surface area contributed by atoms with Crippen LogP contribution in [0.25, 0.3) is 0 Å². The Morgan fingerprint density at radius 3 is 2.47 bits per heavy atom. The molecular weight excluding hydrogens is 202 g/mol. The normalized spacial score (nSPS) is 20.4. The van der Waals surface area contributed by atoms with Crippen molar-refractivity contribution in [1.82, 2.24) is 0 Å².